The first-order valence-corrected chi connectivity index (χ1v) is 12.2. The minimum atomic E-state index is -3.16. The van der Waals surface area contributed by atoms with Gasteiger partial charge in [-0.05, 0) is 42.3 Å². The Morgan fingerprint density at radius 1 is 1.27 bits per heavy atom. The van der Waals surface area contributed by atoms with Gasteiger partial charge in [-0.1, -0.05) is 22.8 Å². The van der Waals surface area contributed by atoms with Crippen molar-refractivity contribution in [1.29, 1.82) is 0 Å². The number of benzene rings is 1. The number of anilines is 1. The van der Waals surface area contributed by atoms with E-state index in [0.717, 1.165) is 11.0 Å². The van der Waals surface area contributed by atoms with Crippen LogP contribution in [0.1, 0.15) is 39.3 Å². The quantitative estimate of drug-likeness (QED) is 0.351. The number of halogens is 4. The summed E-state index contributed by atoms with van der Waals surface area (Å²) in [6, 6.07) is 3.36. The van der Waals surface area contributed by atoms with Crippen molar-refractivity contribution in [2.45, 2.75) is 24.9 Å². The van der Waals surface area contributed by atoms with Gasteiger partial charge >= 0.3 is 6.03 Å². The zero-order valence-electron chi connectivity index (χ0n) is 21.2. The van der Waals surface area contributed by atoms with E-state index in [2.05, 4.69) is 26.1 Å². The standard InChI is InChI=1S/C25H24ClF3N6O5/c1-13-9-40-34-20(13)22(36)33-21(15-3-4-17(27)16(26)7-15)23(37)32-19-8-14(5-6-30-19)18(10-39-2)35-12-25(28,29)11-31-24(35)38/h3-9,18,21H,10-12H2,1-2H3,(H,31,38)(H,33,36)(H,30,32,37)/t18-,21+/m1/s1. The highest BCUT2D eigenvalue weighted by Crippen LogP contribution is 2.29. The van der Waals surface area contributed by atoms with Crippen LogP contribution in [0.2, 0.25) is 5.02 Å². The Hall–Kier alpha value is -4.17. The maximum Gasteiger partial charge on any atom is 0.318 e. The molecule has 2 aromatic heterocycles. The van der Waals surface area contributed by atoms with Gasteiger partial charge < -0.3 is 30.1 Å². The molecule has 1 aliphatic heterocycles. The number of carbonyl (C=O) groups is 3. The van der Waals surface area contributed by atoms with Crippen LogP contribution in [0.4, 0.5) is 23.8 Å². The van der Waals surface area contributed by atoms with Crippen molar-refractivity contribution in [3.8, 4) is 0 Å². The van der Waals surface area contributed by atoms with Gasteiger partial charge in [0.05, 0.1) is 30.8 Å². The number of nitrogens with zero attached hydrogens (tertiary/aromatic N) is 3. The van der Waals surface area contributed by atoms with Crippen molar-refractivity contribution in [3.05, 3.63) is 76.0 Å². The molecule has 11 nitrogen and oxygen atoms in total. The number of ether oxygens (including phenoxy) is 1. The van der Waals surface area contributed by atoms with Crippen LogP contribution in [0.15, 0.2) is 47.3 Å². The number of pyridine rings is 1. The molecule has 3 aromatic rings. The van der Waals surface area contributed by atoms with E-state index in [1.165, 1.54) is 43.8 Å². The first-order chi connectivity index (χ1) is 19.0. The Morgan fingerprint density at radius 2 is 2.05 bits per heavy atom. The maximum atomic E-state index is 14.1. The van der Waals surface area contributed by atoms with Gasteiger partial charge in [-0.3, -0.25) is 9.59 Å². The molecule has 1 fully saturated rings. The predicted molar refractivity (Wildman–Crippen MR) is 135 cm³/mol. The van der Waals surface area contributed by atoms with Crippen LogP contribution in [0, 0.1) is 12.7 Å². The molecule has 1 aromatic carbocycles. The molecule has 212 valence electrons. The monoisotopic (exact) mass is 580 g/mol. The number of rotatable bonds is 9. The Kier molecular flexibility index (Phi) is 8.59. The lowest BCUT2D eigenvalue weighted by atomic mass is 10.0. The lowest BCUT2D eigenvalue weighted by Crippen LogP contribution is -2.58. The van der Waals surface area contributed by atoms with E-state index in [9.17, 15) is 27.6 Å². The van der Waals surface area contributed by atoms with E-state index >= 15 is 0 Å². The molecule has 2 atom stereocenters. The fourth-order valence-corrected chi connectivity index (χ4v) is 4.27. The third-order valence-corrected chi connectivity index (χ3v) is 6.35. The molecule has 0 saturated carbocycles. The van der Waals surface area contributed by atoms with Crippen LogP contribution in [-0.2, 0) is 9.53 Å². The number of nitrogens with one attached hydrogen (secondary N) is 3. The van der Waals surface area contributed by atoms with E-state index in [-0.39, 0.29) is 28.7 Å². The third kappa shape index (κ3) is 6.51. The largest absolute Gasteiger partial charge is 0.382 e. The fraction of sp³-hybridized carbons (Fsp3) is 0.320. The number of aryl methyl sites for hydroxylation is 1. The number of alkyl halides is 2. The van der Waals surface area contributed by atoms with Crippen LogP contribution >= 0.6 is 11.6 Å². The minimum absolute atomic E-state index is 0.0159. The van der Waals surface area contributed by atoms with Gasteiger partial charge in [0.15, 0.2) is 5.69 Å². The molecule has 1 saturated heterocycles. The number of hydrogen-bond acceptors (Lipinski definition) is 7. The predicted octanol–water partition coefficient (Wildman–Crippen LogP) is 3.63. The van der Waals surface area contributed by atoms with E-state index in [0.29, 0.717) is 11.1 Å². The van der Waals surface area contributed by atoms with E-state index < -0.39 is 54.8 Å². The molecular weight excluding hydrogens is 557 g/mol. The van der Waals surface area contributed by atoms with Crippen LogP contribution in [0.3, 0.4) is 0 Å². The molecule has 0 radical (unpaired) electrons. The van der Waals surface area contributed by atoms with Crippen molar-refractivity contribution >= 4 is 35.3 Å². The van der Waals surface area contributed by atoms with Gasteiger partial charge in [0.1, 0.15) is 23.9 Å². The van der Waals surface area contributed by atoms with Gasteiger partial charge in [0, 0.05) is 18.9 Å². The molecule has 4 amide bonds. The molecule has 3 N–H and O–H groups in total. The highest BCUT2D eigenvalue weighted by molar-refractivity contribution is 6.30. The first-order valence-electron chi connectivity index (χ1n) is 11.8. The smallest absolute Gasteiger partial charge is 0.318 e. The summed E-state index contributed by atoms with van der Waals surface area (Å²) < 4.78 is 52.0. The molecule has 3 heterocycles. The van der Waals surface area contributed by atoms with Gasteiger partial charge in [0.2, 0.25) is 0 Å². The van der Waals surface area contributed by atoms with Gasteiger partial charge in [-0.15, -0.1) is 0 Å². The van der Waals surface area contributed by atoms with Crippen molar-refractivity contribution in [2.24, 2.45) is 0 Å². The summed E-state index contributed by atoms with van der Waals surface area (Å²) in [7, 11) is 1.36. The van der Waals surface area contributed by atoms with E-state index in [4.69, 9.17) is 20.9 Å². The summed E-state index contributed by atoms with van der Waals surface area (Å²) in [4.78, 5) is 43.7. The Bertz CT molecular complexity index is 1420. The zero-order chi connectivity index (χ0) is 29.0. The topological polar surface area (TPSA) is 139 Å². The highest BCUT2D eigenvalue weighted by Gasteiger charge is 2.42. The first kappa shape index (κ1) is 28.8. The fourth-order valence-electron chi connectivity index (χ4n) is 4.08. The summed E-state index contributed by atoms with van der Waals surface area (Å²) in [6.45, 7) is -0.157. The lowest BCUT2D eigenvalue weighted by Gasteiger charge is -2.38. The molecule has 0 unspecified atom stereocenters. The zero-order valence-corrected chi connectivity index (χ0v) is 22.0. The second-order valence-corrected chi connectivity index (χ2v) is 9.41. The number of carbonyl (C=O) groups excluding carboxylic acids is 3. The summed E-state index contributed by atoms with van der Waals surface area (Å²) in [5.41, 5.74) is 0.854. The van der Waals surface area contributed by atoms with E-state index in [1.807, 2.05) is 0 Å². The normalized spacial score (nSPS) is 16.1. The summed E-state index contributed by atoms with van der Waals surface area (Å²) in [5, 5.41) is 10.6. The van der Waals surface area contributed by atoms with Gasteiger partial charge in [0.25, 0.3) is 17.7 Å². The van der Waals surface area contributed by atoms with Crippen LogP contribution in [-0.4, -0.2) is 65.6 Å². The molecule has 1 aliphatic rings. The number of methoxy groups -OCH3 is 1. The SMILES string of the molecule is COC[C@H](c1ccnc(NC(=O)[C@@H](NC(=O)c2nocc2C)c2ccc(F)c(Cl)c2)c1)N1CC(F)(F)CNC1=O. The van der Waals surface area contributed by atoms with Crippen molar-refractivity contribution in [1.82, 2.24) is 25.7 Å². The van der Waals surface area contributed by atoms with Crippen molar-refractivity contribution < 1.29 is 36.8 Å². The number of urea groups is 1. The maximum absolute atomic E-state index is 14.1. The molecule has 40 heavy (non-hydrogen) atoms. The van der Waals surface area contributed by atoms with Crippen LogP contribution < -0.4 is 16.0 Å². The van der Waals surface area contributed by atoms with Gasteiger partial charge in [-0.2, -0.15) is 0 Å². The average Bonchev–Trinajstić information content (AvgIpc) is 3.35. The van der Waals surface area contributed by atoms with Crippen molar-refractivity contribution in [3.63, 3.8) is 0 Å². The summed E-state index contributed by atoms with van der Waals surface area (Å²) in [6.07, 6.45) is 2.57. The molecule has 4 rings (SSSR count). The Balaban J connectivity index is 1.61. The van der Waals surface area contributed by atoms with Crippen LogP contribution in [0.25, 0.3) is 0 Å². The molecule has 0 bridgehead atoms. The number of aromatic nitrogens is 2. The Morgan fingerprint density at radius 3 is 2.73 bits per heavy atom. The molecule has 0 spiro atoms. The number of amides is 4. The second-order valence-electron chi connectivity index (χ2n) is 9.00. The highest BCUT2D eigenvalue weighted by atomic mass is 35.5. The third-order valence-electron chi connectivity index (χ3n) is 6.06. The van der Waals surface area contributed by atoms with E-state index in [1.54, 1.807) is 6.92 Å². The summed E-state index contributed by atoms with van der Waals surface area (Å²) >= 11 is 5.91. The minimum Gasteiger partial charge on any atom is -0.382 e. The molecule has 15 heteroatoms. The molecular formula is C25H24ClF3N6O5. The second kappa shape index (κ2) is 11.9. The lowest BCUT2D eigenvalue weighted by molar-refractivity contribution is -0.118. The molecule has 0 aliphatic carbocycles. The van der Waals surface area contributed by atoms with Crippen LogP contribution in [0.5, 0.6) is 0 Å². The Labute approximate surface area is 231 Å². The summed E-state index contributed by atoms with van der Waals surface area (Å²) in [5.74, 6) is -5.43. The number of hydrogen-bond donors (Lipinski definition) is 3. The average molecular weight is 581 g/mol. The van der Waals surface area contributed by atoms with Crippen molar-refractivity contribution in [2.75, 3.05) is 32.1 Å². The van der Waals surface area contributed by atoms with Gasteiger partial charge in [-0.25, -0.2) is 22.9 Å².